The van der Waals surface area contributed by atoms with Gasteiger partial charge in [-0.1, -0.05) is 91.2 Å². The molecule has 1 aliphatic rings. The normalized spacial score (nSPS) is 24.7. The molecule has 10 atom stereocenters. The maximum absolute atomic E-state index is 13.3. The lowest BCUT2D eigenvalue weighted by Gasteiger charge is -2.27. The average molecular weight is 757 g/mol. The molecular weight excluding hydrogens is 684 g/mol. The summed E-state index contributed by atoms with van der Waals surface area (Å²) in [5, 5.41) is 49.5. The van der Waals surface area contributed by atoms with Crippen LogP contribution in [0, 0.1) is 17.8 Å². The first-order chi connectivity index (χ1) is 25.2. The Hall–Kier alpha value is -3.08. The Bertz CT molecular complexity index is 1390. The third kappa shape index (κ3) is 20.6. The van der Waals surface area contributed by atoms with E-state index in [9.17, 15) is 35.1 Å². The molecule has 0 aromatic heterocycles. The number of carbonyl (C=O) groups excluding carboxylic acids is 2. The van der Waals surface area contributed by atoms with E-state index in [-0.39, 0.29) is 54.7 Å². The van der Waals surface area contributed by atoms with Gasteiger partial charge in [-0.3, -0.25) is 4.79 Å². The molecule has 1 aliphatic heterocycles. The van der Waals surface area contributed by atoms with Crippen LogP contribution in [0.1, 0.15) is 128 Å². The number of aliphatic hydroxyl groups excluding tert-OH is 5. The topological polar surface area (TPSA) is 154 Å². The lowest BCUT2D eigenvalue weighted by Crippen LogP contribution is -2.28. The third-order valence-corrected chi connectivity index (χ3v) is 9.75. The van der Waals surface area contributed by atoms with Crippen LogP contribution in [0.4, 0.5) is 0 Å². The minimum atomic E-state index is -1.07. The summed E-state index contributed by atoms with van der Waals surface area (Å²) in [4.78, 5) is 26.3. The van der Waals surface area contributed by atoms with Crippen LogP contribution in [-0.2, 0) is 19.1 Å². The summed E-state index contributed by atoms with van der Waals surface area (Å²) in [5.74, 6) is -0.620. The molecule has 1 heterocycles. The van der Waals surface area contributed by atoms with Crippen molar-refractivity contribution in [2.24, 2.45) is 17.8 Å². The van der Waals surface area contributed by atoms with Gasteiger partial charge >= 0.3 is 11.9 Å². The van der Waals surface area contributed by atoms with E-state index in [1.54, 1.807) is 32.9 Å². The SMILES string of the molecule is CC1=CC[C@H]([C@@H](C)C/C(C)=C/[C@@H](C)[C@H](O)C[C@@H](C)O)OC(=O)CCC[C@H](OC(=O)/C(C)=C/C(C)=C/C(C)=C/C=C/C(C)=C/[C@H](O)[C@@H](O)C[C@H](C)O)[C@@H](C)C1. The number of ether oxygens (including phenoxy) is 2. The molecule has 0 spiro atoms. The van der Waals surface area contributed by atoms with Crippen molar-refractivity contribution in [1.29, 1.82) is 0 Å². The summed E-state index contributed by atoms with van der Waals surface area (Å²) in [5.41, 5.74) is 5.34. The number of aliphatic hydroxyl groups is 5. The zero-order chi connectivity index (χ0) is 41.1. The predicted octanol–water partition coefficient (Wildman–Crippen LogP) is 7.93. The molecular formula is C45H72O9. The van der Waals surface area contributed by atoms with Crippen LogP contribution in [0.3, 0.4) is 0 Å². The molecule has 306 valence electrons. The molecule has 5 N–H and O–H groups in total. The average Bonchev–Trinajstić information content (AvgIpc) is 3.04. The monoisotopic (exact) mass is 757 g/mol. The van der Waals surface area contributed by atoms with E-state index in [0.29, 0.717) is 31.3 Å². The fourth-order valence-corrected chi connectivity index (χ4v) is 6.76. The molecule has 9 nitrogen and oxygen atoms in total. The fraction of sp³-hybridized carbons (Fsp3) is 0.644. The highest BCUT2D eigenvalue weighted by atomic mass is 16.5. The van der Waals surface area contributed by atoms with Crippen molar-refractivity contribution >= 4 is 11.9 Å². The van der Waals surface area contributed by atoms with Crippen molar-refractivity contribution < 1.29 is 44.6 Å². The summed E-state index contributed by atoms with van der Waals surface area (Å²) in [7, 11) is 0. The standard InChI is InChI=1S/C45H72O9/c1-28(14-12-15-29(2)25-40(49)41(50)27-38(11)47)20-31(4)24-36(9)45(52)54-42-16-13-17-44(51)53-43(19-18-30(3)21-34(42)7)35(8)23-32(5)22-33(6)39(48)26-37(10)46/h12,14-15,18,20,22,24-25,33-35,37-43,46-50H,13,16-17,19,21,23,26-27H2,1-11H3/b15-12+,28-14+,29-25+,30-18?,31-20+,32-22+,36-24+/t33-,34+,35+,37-,38+,39-,40+,41+,42+,43-/m1/s1. The second kappa shape index (κ2) is 25.2. The van der Waals surface area contributed by atoms with Crippen LogP contribution in [0.2, 0.25) is 0 Å². The lowest BCUT2D eigenvalue weighted by molar-refractivity contribution is -0.152. The highest BCUT2D eigenvalue weighted by Gasteiger charge is 2.26. The van der Waals surface area contributed by atoms with Gasteiger partial charge in [0.1, 0.15) is 12.2 Å². The second-order valence-electron chi connectivity index (χ2n) is 16.1. The molecule has 0 aromatic carbocycles. The zero-order valence-corrected chi connectivity index (χ0v) is 34.9. The van der Waals surface area contributed by atoms with Gasteiger partial charge in [0, 0.05) is 30.8 Å². The van der Waals surface area contributed by atoms with Gasteiger partial charge in [-0.2, -0.15) is 0 Å². The number of allylic oxidation sites excluding steroid dienone is 10. The fourth-order valence-electron chi connectivity index (χ4n) is 6.76. The number of rotatable bonds is 17. The van der Waals surface area contributed by atoms with Crippen LogP contribution < -0.4 is 0 Å². The van der Waals surface area contributed by atoms with Gasteiger partial charge in [-0.05, 0) is 105 Å². The molecule has 0 unspecified atom stereocenters. The number of hydrogen-bond acceptors (Lipinski definition) is 9. The Morgan fingerprint density at radius 3 is 2.17 bits per heavy atom. The molecule has 9 heteroatoms. The van der Waals surface area contributed by atoms with Crippen LogP contribution in [0.15, 0.2) is 82.0 Å². The Kier molecular flexibility index (Phi) is 22.8. The highest BCUT2D eigenvalue weighted by molar-refractivity contribution is 5.88. The van der Waals surface area contributed by atoms with E-state index >= 15 is 0 Å². The third-order valence-electron chi connectivity index (χ3n) is 9.75. The van der Waals surface area contributed by atoms with Crippen molar-refractivity contribution in [3.63, 3.8) is 0 Å². The minimum Gasteiger partial charge on any atom is -0.462 e. The van der Waals surface area contributed by atoms with E-state index in [0.717, 1.165) is 40.7 Å². The Labute approximate surface area is 325 Å². The van der Waals surface area contributed by atoms with Gasteiger partial charge in [0.2, 0.25) is 0 Å². The quantitative estimate of drug-likeness (QED) is 0.0431. The van der Waals surface area contributed by atoms with Gasteiger partial charge in [-0.15, -0.1) is 0 Å². The molecule has 0 saturated carbocycles. The zero-order valence-electron chi connectivity index (χ0n) is 34.9. The van der Waals surface area contributed by atoms with E-state index in [4.69, 9.17) is 9.47 Å². The van der Waals surface area contributed by atoms with Crippen molar-refractivity contribution in [3.05, 3.63) is 82.0 Å². The molecule has 1 rings (SSSR count). The first kappa shape index (κ1) is 48.9. The van der Waals surface area contributed by atoms with Crippen molar-refractivity contribution in [3.8, 4) is 0 Å². The summed E-state index contributed by atoms with van der Waals surface area (Å²) in [6.07, 6.45) is 14.2. The van der Waals surface area contributed by atoms with Gasteiger partial charge in [0.15, 0.2) is 0 Å². The van der Waals surface area contributed by atoms with E-state index in [1.165, 1.54) is 0 Å². The molecule has 0 radical (unpaired) electrons. The second-order valence-corrected chi connectivity index (χ2v) is 16.1. The van der Waals surface area contributed by atoms with Crippen molar-refractivity contribution in [1.82, 2.24) is 0 Å². The summed E-state index contributed by atoms with van der Waals surface area (Å²) in [6.45, 7) is 20.9. The molecule has 0 aromatic rings. The molecule has 0 aliphatic carbocycles. The minimum absolute atomic E-state index is 0.0535. The number of carbonyl (C=O) groups is 2. The number of cyclic esters (lactones) is 1. The molecule has 0 saturated heterocycles. The maximum atomic E-state index is 13.3. The van der Waals surface area contributed by atoms with E-state index in [2.05, 4.69) is 26.8 Å². The van der Waals surface area contributed by atoms with Crippen LogP contribution >= 0.6 is 0 Å². The molecule has 0 fully saturated rings. The van der Waals surface area contributed by atoms with E-state index < -0.39 is 30.5 Å². The Morgan fingerprint density at radius 1 is 0.907 bits per heavy atom. The van der Waals surface area contributed by atoms with Crippen molar-refractivity contribution in [2.45, 2.75) is 170 Å². The number of esters is 2. The summed E-state index contributed by atoms with van der Waals surface area (Å²) < 4.78 is 12.1. The first-order valence-electron chi connectivity index (χ1n) is 19.7. The Balaban J connectivity index is 2.94. The summed E-state index contributed by atoms with van der Waals surface area (Å²) in [6, 6.07) is 0. The first-order valence-corrected chi connectivity index (χ1v) is 19.7. The maximum Gasteiger partial charge on any atom is 0.334 e. The predicted molar refractivity (Wildman–Crippen MR) is 217 cm³/mol. The van der Waals surface area contributed by atoms with Gasteiger partial charge in [0.05, 0.1) is 30.5 Å². The van der Waals surface area contributed by atoms with Gasteiger partial charge < -0.3 is 35.0 Å². The van der Waals surface area contributed by atoms with Gasteiger partial charge in [0.25, 0.3) is 0 Å². The van der Waals surface area contributed by atoms with E-state index in [1.807, 2.05) is 65.0 Å². The largest absolute Gasteiger partial charge is 0.462 e. The lowest BCUT2D eigenvalue weighted by atomic mass is 9.89. The molecule has 0 bridgehead atoms. The summed E-state index contributed by atoms with van der Waals surface area (Å²) >= 11 is 0. The van der Waals surface area contributed by atoms with Crippen LogP contribution in [0.5, 0.6) is 0 Å². The van der Waals surface area contributed by atoms with Crippen molar-refractivity contribution in [2.75, 3.05) is 0 Å². The Morgan fingerprint density at radius 2 is 1.54 bits per heavy atom. The molecule has 54 heavy (non-hydrogen) atoms. The smallest absolute Gasteiger partial charge is 0.334 e. The van der Waals surface area contributed by atoms with Crippen LogP contribution in [0.25, 0.3) is 0 Å². The van der Waals surface area contributed by atoms with Gasteiger partial charge in [-0.25, -0.2) is 4.79 Å². The number of hydrogen-bond donors (Lipinski definition) is 5. The highest BCUT2D eigenvalue weighted by Crippen LogP contribution is 2.28. The molecule has 0 amide bonds. The van der Waals surface area contributed by atoms with Crippen LogP contribution in [-0.4, -0.2) is 80.2 Å².